The highest BCUT2D eigenvalue weighted by Crippen LogP contribution is 2.15. The molecule has 0 radical (unpaired) electrons. The van der Waals surface area contributed by atoms with Crippen molar-refractivity contribution in [2.45, 2.75) is 6.92 Å². The van der Waals surface area contributed by atoms with Gasteiger partial charge in [-0.05, 0) is 6.92 Å². The molecule has 2 N–H and O–H groups in total. The van der Waals surface area contributed by atoms with E-state index in [1.165, 1.54) is 4.90 Å². The Morgan fingerprint density at radius 3 is 2.88 bits per heavy atom. The molecule has 17 heavy (non-hydrogen) atoms. The quantitative estimate of drug-likeness (QED) is 0.772. The van der Waals surface area contributed by atoms with E-state index in [4.69, 9.17) is 0 Å². The number of nitrogens with one attached hydrogen (secondary N) is 2. The summed E-state index contributed by atoms with van der Waals surface area (Å²) in [6, 6.07) is 0. The van der Waals surface area contributed by atoms with E-state index in [-0.39, 0.29) is 18.3 Å². The number of amides is 1. The molecule has 0 aromatic carbocycles. The van der Waals surface area contributed by atoms with Crippen molar-refractivity contribution in [1.29, 1.82) is 0 Å². The van der Waals surface area contributed by atoms with Gasteiger partial charge in [0, 0.05) is 20.6 Å². The molecule has 6 nitrogen and oxygen atoms in total. The third kappa shape index (κ3) is 3.54. The standard InChI is InChI=1S/C10H16FN5O/c1-4-13-8(17)6-16(3)9-7(11)5-14-10(12-2)15-9/h5H,4,6H2,1-3H3,(H,13,17)(H,12,14,15). The van der Waals surface area contributed by atoms with Crippen LogP contribution in [0.2, 0.25) is 0 Å². The van der Waals surface area contributed by atoms with Gasteiger partial charge < -0.3 is 15.5 Å². The molecule has 0 bridgehead atoms. The average Bonchev–Trinajstić information content (AvgIpc) is 2.29. The monoisotopic (exact) mass is 241 g/mol. The zero-order valence-electron chi connectivity index (χ0n) is 10.1. The van der Waals surface area contributed by atoms with Crippen molar-refractivity contribution < 1.29 is 9.18 Å². The van der Waals surface area contributed by atoms with Crippen molar-refractivity contribution in [3.63, 3.8) is 0 Å². The Bertz CT molecular complexity index is 398. The van der Waals surface area contributed by atoms with Gasteiger partial charge in [0.25, 0.3) is 0 Å². The van der Waals surface area contributed by atoms with E-state index in [0.717, 1.165) is 6.20 Å². The Morgan fingerprint density at radius 1 is 1.59 bits per heavy atom. The van der Waals surface area contributed by atoms with Crippen molar-refractivity contribution in [3.05, 3.63) is 12.0 Å². The largest absolute Gasteiger partial charge is 0.357 e. The van der Waals surface area contributed by atoms with E-state index < -0.39 is 5.82 Å². The number of halogens is 1. The Kier molecular flexibility index (Phi) is 4.62. The fourth-order valence-corrected chi connectivity index (χ4v) is 1.29. The van der Waals surface area contributed by atoms with Crippen LogP contribution in [0.1, 0.15) is 6.92 Å². The number of nitrogens with zero attached hydrogens (tertiary/aromatic N) is 3. The number of anilines is 2. The van der Waals surface area contributed by atoms with E-state index in [1.54, 1.807) is 14.1 Å². The molecule has 0 aliphatic carbocycles. The Hall–Kier alpha value is -1.92. The van der Waals surface area contributed by atoms with Crippen LogP contribution in [-0.2, 0) is 4.79 Å². The summed E-state index contributed by atoms with van der Waals surface area (Å²) in [6.45, 7) is 2.41. The van der Waals surface area contributed by atoms with Gasteiger partial charge in [-0.2, -0.15) is 4.98 Å². The Morgan fingerprint density at radius 2 is 2.29 bits per heavy atom. The summed E-state index contributed by atoms with van der Waals surface area (Å²) in [6.07, 6.45) is 1.07. The summed E-state index contributed by atoms with van der Waals surface area (Å²) in [5, 5.41) is 5.34. The lowest BCUT2D eigenvalue weighted by molar-refractivity contribution is -0.119. The lowest BCUT2D eigenvalue weighted by atomic mass is 10.4. The minimum absolute atomic E-state index is 0.0466. The lowest BCUT2D eigenvalue weighted by Crippen LogP contribution is -2.35. The van der Waals surface area contributed by atoms with Crippen molar-refractivity contribution >= 4 is 17.7 Å². The maximum Gasteiger partial charge on any atom is 0.239 e. The number of hydrogen-bond acceptors (Lipinski definition) is 5. The van der Waals surface area contributed by atoms with Gasteiger partial charge in [0.05, 0.1) is 12.7 Å². The van der Waals surface area contributed by atoms with Crippen molar-refractivity contribution in [2.75, 3.05) is 37.4 Å². The van der Waals surface area contributed by atoms with Gasteiger partial charge in [-0.1, -0.05) is 0 Å². The summed E-state index contributed by atoms with van der Waals surface area (Å²) >= 11 is 0. The van der Waals surface area contributed by atoms with Crippen LogP contribution in [0.15, 0.2) is 6.20 Å². The molecule has 1 heterocycles. The molecule has 0 spiro atoms. The van der Waals surface area contributed by atoms with Gasteiger partial charge in [0.1, 0.15) is 0 Å². The first-order chi connectivity index (χ1) is 8.08. The smallest absolute Gasteiger partial charge is 0.239 e. The zero-order chi connectivity index (χ0) is 12.8. The topological polar surface area (TPSA) is 70.2 Å². The maximum absolute atomic E-state index is 13.5. The summed E-state index contributed by atoms with van der Waals surface area (Å²) in [5.41, 5.74) is 0. The molecule has 1 aromatic heterocycles. The normalized spacial score (nSPS) is 9.88. The summed E-state index contributed by atoms with van der Waals surface area (Å²) in [7, 11) is 3.24. The van der Waals surface area contributed by atoms with Crippen LogP contribution in [0, 0.1) is 5.82 Å². The van der Waals surface area contributed by atoms with Crippen LogP contribution in [0.4, 0.5) is 16.2 Å². The lowest BCUT2D eigenvalue weighted by Gasteiger charge is -2.18. The zero-order valence-corrected chi connectivity index (χ0v) is 10.1. The molecule has 1 amide bonds. The van der Waals surface area contributed by atoms with Gasteiger partial charge in [-0.25, -0.2) is 9.37 Å². The number of carbonyl (C=O) groups is 1. The number of carbonyl (C=O) groups excluding carboxylic acids is 1. The predicted molar refractivity (Wildman–Crippen MR) is 63.5 cm³/mol. The first-order valence-corrected chi connectivity index (χ1v) is 5.26. The summed E-state index contributed by atoms with van der Waals surface area (Å²) < 4.78 is 13.5. The SMILES string of the molecule is CCNC(=O)CN(C)c1nc(NC)ncc1F. The molecule has 0 fully saturated rings. The van der Waals surface area contributed by atoms with E-state index in [2.05, 4.69) is 20.6 Å². The van der Waals surface area contributed by atoms with Crippen molar-refractivity contribution in [3.8, 4) is 0 Å². The van der Waals surface area contributed by atoms with E-state index in [1.807, 2.05) is 6.92 Å². The fourth-order valence-electron chi connectivity index (χ4n) is 1.29. The van der Waals surface area contributed by atoms with Crippen LogP contribution < -0.4 is 15.5 Å². The summed E-state index contributed by atoms with van der Waals surface area (Å²) in [4.78, 5) is 20.5. The average molecular weight is 241 g/mol. The molecule has 1 rings (SSSR count). The third-order valence-electron chi connectivity index (χ3n) is 2.07. The van der Waals surface area contributed by atoms with Crippen LogP contribution >= 0.6 is 0 Å². The molecule has 1 aromatic rings. The third-order valence-corrected chi connectivity index (χ3v) is 2.07. The molecule has 0 saturated carbocycles. The second-order valence-electron chi connectivity index (χ2n) is 3.42. The molecule has 7 heteroatoms. The minimum Gasteiger partial charge on any atom is -0.357 e. The first-order valence-electron chi connectivity index (χ1n) is 5.26. The maximum atomic E-state index is 13.5. The predicted octanol–water partition coefficient (Wildman–Crippen LogP) is 0.230. The molecule has 0 aliphatic rings. The highest BCUT2D eigenvalue weighted by molar-refractivity contribution is 5.80. The highest BCUT2D eigenvalue weighted by atomic mass is 19.1. The molecule has 0 aliphatic heterocycles. The van der Waals surface area contributed by atoms with Gasteiger partial charge in [0.2, 0.25) is 11.9 Å². The Balaban J connectivity index is 2.80. The molecule has 0 unspecified atom stereocenters. The number of hydrogen-bond donors (Lipinski definition) is 2. The molecular weight excluding hydrogens is 225 g/mol. The van der Waals surface area contributed by atoms with E-state index in [9.17, 15) is 9.18 Å². The molecule has 0 atom stereocenters. The number of likely N-dealkylation sites (N-methyl/N-ethyl adjacent to an activating group) is 2. The van der Waals surface area contributed by atoms with Crippen molar-refractivity contribution in [2.24, 2.45) is 0 Å². The molecule has 94 valence electrons. The van der Waals surface area contributed by atoms with Crippen LogP contribution in [-0.4, -0.2) is 43.1 Å². The van der Waals surface area contributed by atoms with Crippen LogP contribution in [0.3, 0.4) is 0 Å². The number of aromatic nitrogens is 2. The van der Waals surface area contributed by atoms with Crippen LogP contribution in [0.25, 0.3) is 0 Å². The number of rotatable bonds is 5. The van der Waals surface area contributed by atoms with E-state index >= 15 is 0 Å². The van der Waals surface area contributed by atoms with Gasteiger partial charge in [-0.3, -0.25) is 4.79 Å². The van der Waals surface area contributed by atoms with Crippen LogP contribution in [0.5, 0.6) is 0 Å². The minimum atomic E-state index is -0.559. The first kappa shape index (κ1) is 13.1. The van der Waals surface area contributed by atoms with Gasteiger partial charge in [0.15, 0.2) is 11.6 Å². The second-order valence-corrected chi connectivity index (χ2v) is 3.42. The molecular formula is C10H16FN5O. The highest BCUT2D eigenvalue weighted by Gasteiger charge is 2.13. The fraction of sp³-hybridized carbons (Fsp3) is 0.500. The summed E-state index contributed by atoms with van der Waals surface area (Å²) in [5.74, 6) is -0.338. The second kappa shape index (κ2) is 5.97. The van der Waals surface area contributed by atoms with E-state index in [0.29, 0.717) is 12.5 Å². The van der Waals surface area contributed by atoms with Crippen molar-refractivity contribution in [1.82, 2.24) is 15.3 Å². The van der Waals surface area contributed by atoms with Gasteiger partial charge in [-0.15, -0.1) is 0 Å². The van der Waals surface area contributed by atoms with Gasteiger partial charge >= 0.3 is 0 Å². The Labute approximate surface area is 99.2 Å². The molecule has 0 saturated heterocycles.